The van der Waals surface area contributed by atoms with Gasteiger partial charge in [0.05, 0.1) is 18.0 Å². The van der Waals surface area contributed by atoms with Gasteiger partial charge in [0, 0.05) is 15.6 Å². The predicted molar refractivity (Wildman–Crippen MR) is 96.7 cm³/mol. The number of ether oxygens (including phenoxy) is 1. The van der Waals surface area contributed by atoms with E-state index in [4.69, 9.17) is 27.9 Å². The van der Waals surface area contributed by atoms with E-state index in [2.05, 4.69) is 5.32 Å². The maximum absolute atomic E-state index is 12.2. The Hall–Kier alpha value is -1.96. The fraction of sp³-hybridized carbons (Fsp3) is 0.188. The van der Waals surface area contributed by atoms with Gasteiger partial charge in [-0.2, -0.15) is 0 Å². The second-order valence-corrected chi connectivity index (χ2v) is 7.70. The van der Waals surface area contributed by atoms with Crippen LogP contribution < -0.4 is 14.8 Å². The third-order valence-electron chi connectivity index (χ3n) is 3.36. The van der Waals surface area contributed by atoms with Crippen molar-refractivity contribution in [2.75, 3.05) is 7.11 Å². The number of rotatable bonds is 5. The van der Waals surface area contributed by atoms with Crippen LogP contribution in [0.5, 0.6) is 5.75 Å². The summed E-state index contributed by atoms with van der Waals surface area (Å²) < 4.78 is 31.6. The summed E-state index contributed by atoms with van der Waals surface area (Å²) in [5.41, 5.74) is 0.619. The van der Waals surface area contributed by atoms with Gasteiger partial charge in [-0.25, -0.2) is 17.9 Å². The average molecular weight is 403 g/mol. The molecule has 1 unspecified atom stereocenters. The van der Waals surface area contributed by atoms with Gasteiger partial charge in [0.25, 0.3) is 10.0 Å². The summed E-state index contributed by atoms with van der Waals surface area (Å²) in [5.74, 6) is 0.526. The highest BCUT2D eigenvalue weighted by atomic mass is 35.5. The number of urea groups is 1. The molecule has 0 saturated heterocycles. The Bertz CT molecular complexity index is 870. The number of sulfonamides is 1. The van der Waals surface area contributed by atoms with Crippen molar-refractivity contribution in [3.05, 3.63) is 58.1 Å². The Balaban J connectivity index is 2.12. The maximum Gasteiger partial charge on any atom is 0.329 e. The molecule has 2 aromatic carbocycles. The molecule has 0 aliphatic carbocycles. The number of amides is 2. The number of benzene rings is 2. The first-order valence-electron chi connectivity index (χ1n) is 7.15. The highest BCUT2D eigenvalue weighted by Crippen LogP contribution is 2.28. The minimum absolute atomic E-state index is 0.0694. The summed E-state index contributed by atoms with van der Waals surface area (Å²) in [6.45, 7) is 1.68. The molecule has 134 valence electrons. The molecular formula is C16H16Cl2N2O4S. The zero-order valence-corrected chi connectivity index (χ0v) is 15.7. The minimum atomic E-state index is -4.01. The van der Waals surface area contributed by atoms with Gasteiger partial charge in [0.15, 0.2) is 0 Å². The molecule has 6 nitrogen and oxygen atoms in total. The summed E-state index contributed by atoms with van der Waals surface area (Å²) in [5, 5.41) is 3.41. The van der Waals surface area contributed by atoms with Crippen molar-refractivity contribution in [1.29, 1.82) is 0 Å². The van der Waals surface area contributed by atoms with Gasteiger partial charge in [-0.3, -0.25) is 0 Å². The number of hydrogen-bond donors (Lipinski definition) is 2. The number of carbonyl (C=O) groups is 1. The van der Waals surface area contributed by atoms with Crippen LogP contribution in [0.25, 0.3) is 0 Å². The number of carbonyl (C=O) groups excluding carboxylic acids is 1. The number of nitrogens with one attached hydrogen (secondary N) is 2. The van der Waals surface area contributed by atoms with Crippen LogP contribution in [0.1, 0.15) is 18.5 Å². The second kappa shape index (κ2) is 7.95. The normalized spacial score (nSPS) is 12.3. The van der Waals surface area contributed by atoms with Crippen LogP contribution in [0.4, 0.5) is 4.79 Å². The molecular weight excluding hydrogens is 387 g/mol. The van der Waals surface area contributed by atoms with Crippen LogP contribution in [0.2, 0.25) is 10.0 Å². The van der Waals surface area contributed by atoms with Gasteiger partial charge in [-0.1, -0.05) is 23.2 Å². The zero-order chi connectivity index (χ0) is 18.6. The molecule has 0 radical (unpaired) electrons. The first kappa shape index (κ1) is 19.4. The van der Waals surface area contributed by atoms with Crippen LogP contribution in [0.3, 0.4) is 0 Å². The molecule has 2 rings (SSSR count). The summed E-state index contributed by atoms with van der Waals surface area (Å²) >= 11 is 11.7. The van der Waals surface area contributed by atoms with E-state index >= 15 is 0 Å². The Morgan fingerprint density at radius 2 is 1.68 bits per heavy atom. The van der Waals surface area contributed by atoms with E-state index in [0.717, 1.165) is 0 Å². The number of hydrogen-bond acceptors (Lipinski definition) is 4. The van der Waals surface area contributed by atoms with Crippen LogP contribution in [0, 0.1) is 0 Å². The van der Waals surface area contributed by atoms with E-state index in [1.54, 1.807) is 25.1 Å². The molecule has 0 heterocycles. The lowest BCUT2D eigenvalue weighted by Gasteiger charge is -2.18. The lowest BCUT2D eigenvalue weighted by Crippen LogP contribution is -2.40. The average Bonchev–Trinajstić information content (AvgIpc) is 2.54. The van der Waals surface area contributed by atoms with E-state index in [1.807, 2.05) is 4.72 Å². The Morgan fingerprint density at radius 1 is 1.08 bits per heavy atom. The molecule has 2 aromatic rings. The van der Waals surface area contributed by atoms with Gasteiger partial charge >= 0.3 is 6.03 Å². The van der Waals surface area contributed by atoms with E-state index in [9.17, 15) is 13.2 Å². The molecule has 0 bridgehead atoms. The van der Waals surface area contributed by atoms with Crippen LogP contribution in [-0.2, 0) is 10.0 Å². The topological polar surface area (TPSA) is 84.5 Å². The first-order chi connectivity index (χ1) is 11.7. The summed E-state index contributed by atoms with van der Waals surface area (Å²) in [7, 11) is -2.52. The van der Waals surface area contributed by atoms with Crippen molar-refractivity contribution < 1.29 is 17.9 Å². The molecule has 2 amide bonds. The van der Waals surface area contributed by atoms with Crippen LogP contribution in [-0.4, -0.2) is 21.6 Å². The fourth-order valence-electron chi connectivity index (χ4n) is 2.14. The molecule has 0 fully saturated rings. The standard InChI is InChI=1S/C16H16Cl2N2O4S/c1-10(14-9-12(18)5-8-15(14)24-2)19-16(21)20-25(22,23)13-6-3-11(17)4-7-13/h3-10H,1-2H3,(H2,19,20,21). The van der Waals surface area contributed by atoms with Crippen molar-refractivity contribution >= 4 is 39.3 Å². The van der Waals surface area contributed by atoms with E-state index in [1.165, 1.54) is 31.4 Å². The highest BCUT2D eigenvalue weighted by Gasteiger charge is 2.20. The third-order valence-corrected chi connectivity index (χ3v) is 5.19. The molecule has 0 aliphatic heterocycles. The number of halogens is 2. The van der Waals surface area contributed by atoms with Crippen molar-refractivity contribution in [1.82, 2.24) is 10.0 Å². The molecule has 25 heavy (non-hydrogen) atoms. The van der Waals surface area contributed by atoms with E-state index in [0.29, 0.717) is 21.4 Å². The third kappa shape index (κ3) is 5.01. The summed E-state index contributed by atoms with van der Waals surface area (Å²) in [4.78, 5) is 12.0. The summed E-state index contributed by atoms with van der Waals surface area (Å²) in [6.07, 6.45) is 0. The molecule has 2 N–H and O–H groups in total. The fourth-order valence-corrected chi connectivity index (χ4v) is 3.36. The molecule has 1 atom stereocenters. The van der Waals surface area contributed by atoms with E-state index < -0.39 is 22.1 Å². The van der Waals surface area contributed by atoms with Crippen LogP contribution in [0.15, 0.2) is 47.4 Å². The second-order valence-electron chi connectivity index (χ2n) is 5.14. The van der Waals surface area contributed by atoms with Crippen molar-refractivity contribution in [3.8, 4) is 5.75 Å². The van der Waals surface area contributed by atoms with Crippen LogP contribution >= 0.6 is 23.2 Å². The lowest BCUT2D eigenvalue weighted by molar-refractivity contribution is 0.242. The summed E-state index contributed by atoms with van der Waals surface area (Å²) in [6, 6.07) is 9.02. The zero-order valence-electron chi connectivity index (χ0n) is 13.4. The highest BCUT2D eigenvalue weighted by molar-refractivity contribution is 7.90. The largest absolute Gasteiger partial charge is 0.496 e. The monoisotopic (exact) mass is 402 g/mol. The lowest BCUT2D eigenvalue weighted by atomic mass is 10.1. The SMILES string of the molecule is COc1ccc(Cl)cc1C(C)NC(=O)NS(=O)(=O)c1ccc(Cl)cc1. The minimum Gasteiger partial charge on any atom is -0.496 e. The van der Waals surface area contributed by atoms with E-state index in [-0.39, 0.29) is 4.90 Å². The Labute approximate surface area is 156 Å². The van der Waals surface area contributed by atoms with Gasteiger partial charge in [-0.05, 0) is 49.4 Å². The molecule has 0 aromatic heterocycles. The Kier molecular flexibility index (Phi) is 6.16. The van der Waals surface area contributed by atoms with Gasteiger partial charge in [0.2, 0.25) is 0 Å². The van der Waals surface area contributed by atoms with Gasteiger partial charge in [-0.15, -0.1) is 0 Å². The van der Waals surface area contributed by atoms with Crippen molar-refractivity contribution in [2.45, 2.75) is 17.9 Å². The molecule has 0 spiro atoms. The molecule has 9 heteroatoms. The Morgan fingerprint density at radius 3 is 2.28 bits per heavy atom. The predicted octanol–water partition coefficient (Wildman–Crippen LogP) is 3.75. The van der Waals surface area contributed by atoms with Gasteiger partial charge < -0.3 is 10.1 Å². The van der Waals surface area contributed by atoms with Crippen molar-refractivity contribution in [2.24, 2.45) is 0 Å². The smallest absolute Gasteiger partial charge is 0.329 e. The van der Waals surface area contributed by atoms with Crippen molar-refractivity contribution in [3.63, 3.8) is 0 Å². The first-order valence-corrected chi connectivity index (χ1v) is 9.39. The molecule has 0 saturated carbocycles. The molecule has 0 aliphatic rings. The van der Waals surface area contributed by atoms with Gasteiger partial charge in [0.1, 0.15) is 5.75 Å². The maximum atomic E-state index is 12.2. The quantitative estimate of drug-likeness (QED) is 0.797. The number of methoxy groups -OCH3 is 1.